The van der Waals surface area contributed by atoms with E-state index >= 15 is 0 Å². The molecule has 1 fully saturated rings. The number of nitrogens with zero attached hydrogens (tertiary/aromatic N) is 2. The van der Waals surface area contributed by atoms with Crippen molar-refractivity contribution in [3.63, 3.8) is 0 Å². The van der Waals surface area contributed by atoms with Crippen LogP contribution in [0, 0.1) is 0 Å². The Kier molecular flexibility index (Phi) is 2.68. The molecular weight excluding hydrogens is 176 g/mol. The monoisotopic (exact) mass is 192 g/mol. The summed E-state index contributed by atoms with van der Waals surface area (Å²) in [5, 5.41) is 0. The Bertz CT molecular complexity index is 308. The van der Waals surface area contributed by atoms with Crippen LogP contribution in [-0.2, 0) is 6.42 Å². The highest BCUT2D eigenvalue weighted by Gasteiger charge is 2.25. The molecule has 1 aliphatic rings. The summed E-state index contributed by atoms with van der Waals surface area (Å²) in [6.45, 7) is 4.16. The van der Waals surface area contributed by atoms with Crippen LogP contribution in [0.2, 0.25) is 0 Å². The van der Waals surface area contributed by atoms with Crippen molar-refractivity contribution in [2.45, 2.75) is 19.4 Å². The maximum atomic E-state index is 5.71. The summed E-state index contributed by atoms with van der Waals surface area (Å²) in [7, 11) is 2.09. The third-order valence-corrected chi connectivity index (χ3v) is 2.53. The Balaban J connectivity index is 1.95. The summed E-state index contributed by atoms with van der Waals surface area (Å²) in [5.41, 5.74) is 1.28. The van der Waals surface area contributed by atoms with Gasteiger partial charge in [0.05, 0.1) is 0 Å². The summed E-state index contributed by atoms with van der Waals surface area (Å²) >= 11 is 0. The van der Waals surface area contributed by atoms with Gasteiger partial charge >= 0.3 is 0 Å². The van der Waals surface area contributed by atoms with Crippen LogP contribution in [0.15, 0.2) is 18.3 Å². The average Bonchev–Trinajstić information content (AvgIpc) is 2.16. The quantitative estimate of drug-likeness (QED) is 0.722. The van der Waals surface area contributed by atoms with Gasteiger partial charge in [0.25, 0.3) is 0 Å². The van der Waals surface area contributed by atoms with Gasteiger partial charge in [-0.15, -0.1) is 0 Å². The highest BCUT2D eigenvalue weighted by molar-refractivity contribution is 5.20. The second-order valence-electron chi connectivity index (χ2n) is 3.82. The first-order chi connectivity index (χ1) is 6.78. The van der Waals surface area contributed by atoms with E-state index in [2.05, 4.69) is 23.9 Å². The minimum atomic E-state index is 0.333. The van der Waals surface area contributed by atoms with Crippen molar-refractivity contribution >= 4 is 0 Å². The number of hydrogen-bond donors (Lipinski definition) is 0. The predicted octanol–water partition coefficient (Wildman–Crippen LogP) is 1.34. The van der Waals surface area contributed by atoms with Crippen LogP contribution in [-0.4, -0.2) is 36.1 Å². The number of likely N-dealkylation sites (N-methyl/N-ethyl adjacent to an activating group) is 1. The molecule has 0 radical (unpaired) electrons. The largest absolute Gasteiger partial charge is 0.472 e. The van der Waals surface area contributed by atoms with E-state index in [1.54, 1.807) is 0 Å². The van der Waals surface area contributed by atoms with Gasteiger partial charge in [-0.1, -0.05) is 6.92 Å². The second-order valence-corrected chi connectivity index (χ2v) is 3.82. The molecule has 14 heavy (non-hydrogen) atoms. The van der Waals surface area contributed by atoms with E-state index in [1.165, 1.54) is 5.56 Å². The van der Waals surface area contributed by atoms with E-state index in [0.29, 0.717) is 6.10 Å². The molecule has 3 nitrogen and oxygen atoms in total. The molecule has 3 heteroatoms. The highest BCUT2D eigenvalue weighted by atomic mass is 16.5. The summed E-state index contributed by atoms with van der Waals surface area (Å²) in [6, 6.07) is 4.05. The van der Waals surface area contributed by atoms with Crippen LogP contribution < -0.4 is 4.74 Å². The Morgan fingerprint density at radius 1 is 1.57 bits per heavy atom. The Labute approximate surface area is 84.7 Å². The molecule has 0 N–H and O–H groups in total. The normalized spacial score (nSPS) is 17.9. The van der Waals surface area contributed by atoms with Gasteiger partial charge in [-0.3, -0.25) is 4.90 Å². The fourth-order valence-electron chi connectivity index (χ4n) is 1.62. The average molecular weight is 192 g/mol. The van der Waals surface area contributed by atoms with Gasteiger partial charge in [0.1, 0.15) is 6.10 Å². The number of hydrogen-bond acceptors (Lipinski definition) is 3. The van der Waals surface area contributed by atoms with Crippen LogP contribution >= 0.6 is 0 Å². The first-order valence-corrected chi connectivity index (χ1v) is 5.08. The van der Waals surface area contributed by atoms with Gasteiger partial charge in [0.15, 0.2) is 0 Å². The van der Waals surface area contributed by atoms with Crippen molar-refractivity contribution in [1.82, 2.24) is 9.88 Å². The minimum Gasteiger partial charge on any atom is -0.472 e. The molecule has 0 aliphatic carbocycles. The van der Waals surface area contributed by atoms with Crippen LogP contribution in [0.4, 0.5) is 0 Å². The third kappa shape index (κ3) is 2.04. The lowest BCUT2D eigenvalue weighted by atomic mass is 10.2. The van der Waals surface area contributed by atoms with Gasteiger partial charge < -0.3 is 4.74 Å². The van der Waals surface area contributed by atoms with E-state index in [0.717, 1.165) is 25.4 Å². The summed E-state index contributed by atoms with van der Waals surface area (Å²) in [5.74, 6) is 0.766. The van der Waals surface area contributed by atoms with Gasteiger partial charge in [0, 0.05) is 25.4 Å². The zero-order chi connectivity index (χ0) is 9.97. The lowest BCUT2D eigenvalue weighted by Gasteiger charge is -2.35. The van der Waals surface area contributed by atoms with E-state index in [9.17, 15) is 0 Å². The fourth-order valence-corrected chi connectivity index (χ4v) is 1.62. The number of rotatable bonds is 3. The SMILES string of the molecule is CCc1ccnc(OC2CN(C)C2)c1. The fraction of sp³-hybridized carbons (Fsp3) is 0.545. The van der Waals surface area contributed by atoms with Crippen molar-refractivity contribution < 1.29 is 4.74 Å². The summed E-state index contributed by atoms with van der Waals surface area (Å²) < 4.78 is 5.71. The minimum absolute atomic E-state index is 0.333. The number of aromatic nitrogens is 1. The predicted molar refractivity (Wildman–Crippen MR) is 55.5 cm³/mol. The zero-order valence-corrected chi connectivity index (χ0v) is 8.73. The Morgan fingerprint density at radius 2 is 2.36 bits per heavy atom. The molecule has 0 saturated carbocycles. The maximum Gasteiger partial charge on any atom is 0.213 e. The number of aryl methyl sites for hydroxylation is 1. The van der Waals surface area contributed by atoms with Gasteiger partial charge in [-0.25, -0.2) is 4.98 Å². The highest BCUT2D eigenvalue weighted by Crippen LogP contribution is 2.15. The van der Waals surface area contributed by atoms with Gasteiger partial charge in [-0.2, -0.15) is 0 Å². The molecule has 0 atom stereocenters. The lowest BCUT2D eigenvalue weighted by Crippen LogP contribution is -2.51. The van der Waals surface area contributed by atoms with Crippen LogP contribution in [0.5, 0.6) is 5.88 Å². The van der Waals surface area contributed by atoms with Crippen molar-refractivity contribution in [2.75, 3.05) is 20.1 Å². The number of pyridine rings is 1. The van der Waals surface area contributed by atoms with E-state index in [-0.39, 0.29) is 0 Å². The first kappa shape index (κ1) is 9.46. The molecule has 2 heterocycles. The zero-order valence-electron chi connectivity index (χ0n) is 8.73. The Hall–Kier alpha value is -1.09. The number of likely N-dealkylation sites (tertiary alicyclic amines) is 1. The molecule has 1 aromatic heterocycles. The molecule has 0 amide bonds. The Morgan fingerprint density at radius 3 is 3.00 bits per heavy atom. The van der Waals surface area contributed by atoms with Gasteiger partial charge in [-0.05, 0) is 25.1 Å². The summed E-state index contributed by atoms with van der Waals surface area (Å²) in [4.78, 5) is 6.42. The van der Waals surface area contributed by atoms with Crippen molar-refractivity contribution in [3.8, 4) is 5.88 Å². The van der Waals surface area contributed by atoms with Crippen molar-refractivity contribution in [2.24, 2.45) is 0 Å². The van der Waals surface area contributed by atoms with Crippen LogP contribution in [0.1, 0.15) is 12.5 Å². The molecule has 1 saturated heterocycles. The maximum absolute atomic E-state index is 5.71. The molecule has 0 bridgehead atoms. The molecule has 1 aliphatic heterocycles. The molecule has 76 valence electrons. The van der Waals surface area contributed by atoms with Crippen molar-refractivity contribution in [3.05, 3.63) is 23.9 Å². The van der Waals surface area contributed by atoms with E-state index < -0.39 is 0 Å². The smallest absolute Gasteiger partial charge is 0.213 e. The van der Waals surface area contributed by atoms with Crippen LogP contribution in [0.25, 0.3) is 0 Å². The summed E-state index contributed by atoms with van der Waals surface area (Å²) in [6.07, 6.45) is 3.18. The van der Waals surface area contributed by atoms with E-state index in [1.807, 2.05) is 18.3 Å². The molecule has 0 aromatic carbocycles. The van der Waals surface area contributed by atoms with E-state index in [4.69, 9.17) is 4.74 Å². The second kappa shape index (κ2) is 3.96. The first-order valence-electron chi connectivity index (χ1n) is 5.08. The molecule has 0 spiro atoms. The standard InChI is InChI=1S/C11H16N2O/c1-3-9-4-5-12-11(6-9)14-10-7-13(2)8-10/h4-6,10H,3,7-8H2,1-2H3. The number of ether oxygens (including phenoxy) is 1. The third-order valence-electron chi connectivity index (χ3n) is 2.53. The lowest BCUT2D eigenvalue weighted by molar-refractivity contribution is 0.0355. The van der Waals surface area contributed by atoms with Crippen LogP contribution in [0.3, 0.4) is 0 Å². The van der Waals surface area contributed by atoms with Gasteiger partial charge in [0.2, 0.25) is 5.88 Å². The molecule has 1 aromatic rings. The molecular formula is C11H16N2O. The van der Waals surface area contributed by atoms with Crippen molar-refractivity contribution in [1.29, 1.82) is 0 Å². The topological polar surface area (TPSA) is 25.4 Å². The molecule has 0 unspecified atom stereocenters. The molecule has 2 rings (SSSR count).